The third-order valence-electron chi connectivity index (χ3n) is 8.43. The zero-order valence-corrected chi connectivity index (χ0v) is 23.6. The van der Waals surface area contributed by atoms with Gasteiger partial charge in [-0.25, -0.2) is 0 Å². The van der Waals surface area contributed by atoms with E-state index in [1.165, 1.54) is 75.6 Å². The summed E-state index contributed by atoms with van der Waals surface area (Å²) in [5.41, 5.74) is 9.13. The number of alkyl halides is 1. The maximum atomic E-state index is 4.51. The van der Waals surface area contributed by atoms with Crippen LogP contribution in [0, 0.1) is 0 Å². The predicted molar refractivity (Wildman–Crippen MR) is 170 cm³/mol. The summed E-state index contributed by atoms with van der Waals surface area (Å²) in [6, 6.07) is 28.6. The van der Waals surface area contributed by atoms with Crippen LogP contribution < -0.4 is 10.4 Å². The van der Waals surface area contributed by atoms with Crippen molar-refractivity contribution in [3.8, 4) is 0 Å². The van der Waals surface area contributed by atoms with Gasteiger partial charge in [0, 0.05) is 17.4 Å². The van der Waals surface area contributed by atoms with Crippen LogP contribution in [0.15, 0.2) is 94.9 Å². The molecule has 39 heavy (non-hydrogen) atoms. The summed E-state index contributed by atoms with van der Waals surface area (Å²) < 4.78 is 0.0574. The number of hydrogen-bond donors (Lipinski definition) is 0. The standard InChI is InChI=1S/C25H23Br.C11H8N2/c26-25(17-18-7-2-1-3-8-18)16-6-11-23-22-13-12-19-9-4-5-10-20(19)21(22)14-15-24(23)25;1-2-4-10-8(3-1)9-5-6-12-7-11(9)13-10/h1-3,7-10,12-15H,4-6,11,16-17H2;1-6H,7H2. The molecular weight excluding hydrogens is 540 g/mol. The Kier molecular flexibility index (Phi) is 6.40. The molecule has 2 aliphatic carbocycles. The van der Waals surface area contributed by atoms with Gasteiger partial charge in [0.25, 0.3) is 0 Å². The number of halogens is 1. The lowest BCUT2D eigenvalue weighted by Gasteiger charge is -2.35. The minimum absolute atomic E-state index is 0.0574. The highest BCUT2D eigenvalue weighted by atomic mass is 79.9. The van der Waals surface area contributed by atoms with Crippen LogP contribution in [0.5, 0.6) is 0 Å². The first-order chi connectivity index (χ1) is 19.2. The molecule has 3 heteroatoms. The van der Waals surface area contributed by atoms with Crippen molar-refractivity contribution in [3.05, 3.63) is 118 Å². The molecule has 8 rings (SSSR count). The Morgan fingerprint density at radius 2 is 1.64 bits per heavy atom. The molecule has 0 aromatic heterocycles. The minimum Gasteiger partial charge on any atom is -0.287 e. The molecule has 2 nitrogen and oxygen atoms in total. The van der Waals surface area contributed by atoms with Crippen molar-refractivity contribution >= 4 is 62.0 Å². The van der Waals surface area contributed by atoms with E-state index in [0.717, 1.165) is 24.4 Å². The lowest BCUT2D eigenvalue weighted by molar-refractivity contribution is 0.516. The van der Waals surface area contributed by atoms with Gasteiger partial charge in [0.05, 0.1) is 22.3 Å². The van der Waals surface area contributed by atoms with Crippen LogP contribution in [0.4, 0.5) is 5.69 Å². The number of aryl methyl sites for hydroxylation is 1. The molecule has 0 bridgehead atoms. The molecule has 0 saturated carbocycles. The van der Waals surface area contributed by atoms with E-state index >= 15 is 0 Å². The fourth-order valence-corrected chi connectivity index (χ4v) is 7.56. The third kappa shape index (κ3) is 4.53. The van der Waals surface area contributed by atoms with Gasteiger partial charge in [-0.3, -0.25) is 9.98 Å². The maximum absolute atomic E-state index is 4.51. The Hall–Kier alpha value is -3.56. The number of hydrogen-bond acceptors (Lipinski definition) is 2. The highest BCUT2D eigenvalue weighted by molar-refractivity contribution is 9.09. The van der Waals surface area contributed by atoms with Crippen molar-refractivity contribution in [1.82, 2.24) is 0 Å². The second-order valence-corrected chi connectivity index (χ2v) is 12.4. The van der Waals surface area contributed by atoms with E-state index in [9.17, 15) is 0 Å². The molecule has 2 heterocycles. The van der Waals surface area contributed by atoms with E-state index in [4.69, 9.17) is 0 Å². The van der Waals surface area contributed by atoms with E-state index in [1.54, 1.807) is 5.56 Å². The largest absolute Gasteiger partial charge is 0.287 e. The first-order valence-electron chi connectivity index (χ1n) is 14.1. The SMILES string of the molecule is BrC1(Cc2ccccc2)CCCc2c1ccc1c3c(ccc21)=CCCC=3.C1=NCC2=Nc3ccccc3C2=C1. The summed E-state index contributed by atoms with van der Waals surface area (Å²) in [6.45, 7) is 0.723. The summed E-state index contributed by atoms with van der Waals surface area (Å²) in [6.07, 6.45) is 15.7. The molecule has 4 aromatic carbocycles. The summed E-state index contributed by atoms with van der Waals surface area (Å²) in [5, 5.41) is 5.76. The first-order valence-corrected chi connectivity index (χ1v) is 14.8. The summed E-state index contributed by atoms with van der Waals surface area (Å²) >= 11 is 4.18. The first kappa shape index (κ1) is 24.5. The normalized spacial score (nSPS) is 20.1. The predicted octanol–water partition coefficient (Wildman–Crippen LogP) is 7.60. The molecule has 4 aliphatic rings. The highest BCUT2D eigenvalue weighted by Gasteiger charge is 2.35. The van der Waals surface area contributed by atoms with Crippen molar-refractivity contribution in [2.75, 3.05) is 6.54 Å². The van der Waals surface area contributed by atoms with Gasteiger partial charge >= 0.3 is 0 Å². The molecule has 0 N–H and O–H groups in total. The average molecular weight is 572 g/mol. The zero-order valence-electron chi connectivity index (χ0n) is 22.0. The van der Waals surface area contributed by atoms with Crippen molar-refractivity contribution < 1.29 is 0 Å². The van der Waals surface area contributed by atoms with E-state index in [0.29, 0.717) is 0 Å². The number of para-hydroxylation sites is 1. The van der Waals surface area contributed by atoms with Gasteiger partial charge in [-0.2, -0.15) is 0 Å². The van der Waals surface area contributed by atoms with Crippen molar-refractivity contribution in [3.63, 3.8) is 0 Å². The fourth-order valence-electron chi connectivity index (χ4n) is 6.59. The van der Waals surface area contributed by atoms with Crippen LogP contribution in [-0.2, 0) is 17.2 Å². The molecule has 0 radical (unpaired) electrons. The smallest absolute Gasteiger partial charge is 0.0818 e. The van der Waals surface area contributed by atoms with E-state index in [2.05, 4.69) is 98.7 Å². The van der Waals surface area contributed by atoms with Crippen LogP contribution in [0.2, 0.25) is 0 Å². The third-order valence-corrected chi connectivity index (χ3v) is 9.53. The maximum Gasteiger partial charge on any atom is 0.0818 e. The monoisotopic (exact) mass is 570 g/mol. The second-order valence-electron chi connectivity index (χ2n) is 10.9. The van der Waals surface area contributed by atoms with Crippen LogP contribution in [0.1, 0.15) is 47.9 Å². The molecule has 0 saturated heterocycles. The Bertz CT molecular complexity index is 1800. The lowest BCUT2D eigenvalue weighted by atomic mass is 9.77. The van der Waals surface area contributed by atoms with Crippen molar-refractivity contribution in [2.24, 2.45) is 9.98 Å². The molecule has 2 aliphatic heterocycles. The zero-order chi connectivity index (χ0) is 26.2. The number of rotatable bonds is 2. The van der Waals surface area contributed by atoms with Gasteiger partial charge in [0.15, 0.2) is 0 Å². The number of allylic oxidation sites excluding steroid dienone is 1. The Balaban J connectivity index is 0.000000162. The average Bonchev–Trinajstić information content (AvgIpc) is 3.37. The second kappa shape index (κ2) is 10.2. The van der Waals surface area contributed by atoms with Crippen LogP contribution in [0.3, 0.4) is 0 Å². The van der Waals surface area contributed by atoms with Gasteiger partial charge in [0.1, 0.15) is 0 Å². The fraction of sp³-hybridized carbons (Fsp3) is 0.222. The van der Waals surface area contributed by atoms with Gasteiger partial charge in [0.2, 0.25) is 0 Å². The molecule has 1 unspecified atom stereocenters. The van der Waals surface area contributed by atoms with Crippen LogP contribution >= 0.6 is 15.9 Å². The molecule has 0 amide bonds. The number of aliphatic imine (C=N–C) groups is 2. The van der Waals surface area contributed by atoms with Gasteiger partial charge in [-0.1, -0.05) is 101 Å². The summed E-state index contributed by atoms with van der Waals surface area (Å²) in [5.74, 6) is 0. The molecule has 0 spiro atoms. The Labute approximate surface area is 238 Å². The molecule has 192 valence electrons. The number of fused-ring (bicyclic) bond motifs is 8. The van der Waals surface area contributed by atoms with Gasteiger partial charge < -0.3 is 0 Å². The quantitative estimate of drug-likeness (QED) is 0.222. The van der Waals surface area contributed by atoms with E-state index in [1.807, 2.05) is 30.5 Å². The van der Waals surface area contributed by atoms with Crippen LogP contribution in [0.25, 0.3) is 28.5 Å². The highest BCUT2D eigenvalue weighted by Crippen LogP contribution is 2.46. The van der Waals surface area contributed by atoms with Gasteiger partial charge in [-0.15, -0.1) is 0 Å². The minimum atomic E-state index is 0.0574. The summed E-state index contributed by atoms with van der Waals surface area (Å²) in [4.78, 5) is 8.68. The Morgan fingerprint density at radius 3 is 2.56 bits per heavy atom. The van der Waals surface area contributed by atoms with E-state index in [-0.39, 0.29) is 4.32 Å². The molecular formula is C36H31BrN2. The number of nitrogens with zero attached hydrogens (tertiary/aromatic N) is 2. The van der Waals surface area contributed by atoms with Crippen LogP contribution in [-0.4, -0.2) is 18.5 Å². The molecule has 0 fully saturated rings. The molecule has 1 atom stereocenters. The topological polar surface area (TPSA) is 24.7 Å². The lowest BCUT2D eigenvalue weighted by Crippen LogP contribution is -2.30. The van der Waals surface area contributed by atoms with Crippen molar-refractivity contribution in [1.29, 1.82) is 0 Å². The van der Waals surface area contributed by atoms with Crippen molar-refractivity contribution in [2.45, 2.75) is 42.8 Å². The van der Waals surface area contributed by atoms with E-state index < -0.39 is 0 Å². The Morgan fingerprint density at radius 1 is 0.821 bits per heavy atom. The summed E-state index contributed by atoms with van der Waals surface area (Å²) in [7, 11) is 0. The molecule has 4 aromatic rings. The van der Waals surface area contributed by atoms with Gasteiger partial charge in [-0.05, 0) is 88.6 Å². The number of dihydropyridines is 1. The number of benzene rings is 4.